The Morgan fingerprint density at radius 1 is 0.929 bits per heavy atom. The van der Waals surface area contributed by atoms with Gasteiger partial charge in [0.15, 0.2) is 0 Å². The Hall–Kier alpha value is -2.96. The molecule has 0 saturated heterocycles. The Morgan fingerprint density at radius 2 is 1.57 bits per heavy atom. The molecule has 3 rings (SSSR count). The first-order valence-electron chi connectivity index (χ1n) is 8.83. The number of hydrogen-bond acceptors (Lipinski definition) is 3. The van der Waals surface area contributed by atoms with E-state index in [1.165, 1.54) is 0 Å². The van der Waals surface area contributed by atoms with Gasteiger partial charge < -0.3 is 14.4 Å². The van der Waals surface area contributed by atoms with Crippen molar-refractivity contribution in [2.45, 2.75) is 18.8 Å². The summed E-state index contributed by atoms with van der Waals surface area (Å²) < 4.78 is 24.2. The molecule has 2 N–H and O–H groups in total. The molecule has 28 heavy (non-hydrogen) atoms. The van der Waals surface area contributed by atoms with Crippen LogP contribution in [0.2, 0.25) is 0 Å². The van der Waals surface area contributed by atoms with Gasteiger partial charge in [0.05, 0.1) is 5.56 Å². The molecule has 0 amide bonds. The lowest BCUT2D eigenvalue weighted by atomic mass is 9.86. The van der Waals surface area contributed by atoms with Crippen molar-refractivity contribution in [2.24, 2.45) is 0 Å². The van der Waals surface area contributed by atoms with Crippen LogP contribution in [-0.4, -0.2) is 19.8 Å². The molecule has 3 aromatic rings. The summed E-state index contributed by atoms with van der Waals surface area (Å²) in [7, 11) is 0. The van der Waals surface area contributed by atoms with Gasteiger partial charge in [-0.15, -0.1) is 0 Å². The summed E-state index contributed by atoms with van der Waals surface area (Å²) in [6.45, 7) is 0. The SMILES string of the molecule is O=C(O)c1cccc(CC(Cc2cccc(NS(=O)[O-])c2)c2ccccc2)c1. The standard InChI is InChI=1S/C22H21NO4S/c24-22(25)19-10-4-6-16(12-19)13-20(18-8-2-1-3-9-18)14-17-7-5-11-21(15-17)23-28(26)27/h1-12,15,20,23H,13-14H2,(H,24,25)(H,26,27)/p-1. The molecule has 5 nitrogen and oxygen atoms in total. The zero-order valence-electron chi connectivity index (χ0n) is 15.1. The number of carboxylic acids is 1. The van der Waals surface area contributed by atoms with Crippen molar-refractivity contribution in [3.05, 3.63) is 101 Å². The monoisotopic (exact) mass is 394 g/mol. The zero-order chi connectivity index (χ0) is 19.9. The number of hydrogen-bond donors (Lipinski definition) is 2. The Kier molecular flexibility index (Phi) is 6.57. The van der Waals surface area contributed by atoms with Crippen molar-refractivity contribution in [3.63, 3.8) is 0 Å². The van der Waals surface area contributed by atoms with Crippen LogP contribution in [0.3, 0.4) is 0 Å². The third-order valence-electron chi connectivity index (χ3n) is 4.54. The van der Waals surface area contributed by atoms with E-state index in [2.05, 4.69) is 16.9 Å². The van der Waals surface area contributed by atoms with Crippen LogP contribution in [0.5, 0.6) is 0 Å². The van der Waals surface area contributed by atoms with E-state index in [9.17, 15) is 18.7 Å². The summed E-state index contributed by atoms with van der Waals surface area (Å²) in [5.74, 6) is -0.819. The molecule has 0 heterocycles. The predicted octanol–water partition coefficient (Wildman–Crippen LogP) is 4.16. The Labute approximate surface area is 166 Å². The molecule has 0 aliphatic carbocycles. The third-order valence-corrected chi connectivity index (χ3v) is 4.94. The third kappa shape index (κ3) is 5.52. The van der Waals surface area contributed by atoms with Crippen LogP contribution in [0.15, 0.2) is 78.9 Å². The molecule has 2 atom stereocenters. The van der Waals surface area contributed by atoms with E-state index < -0.39 is 17.2 Å². The average molecular weight is 394 g/mol. The van der Waals surface area contributed by atoms with E-state index in [1.807, 2.05) is 42.5 Å². The van der Waals surface area contributed by atoms with Crippen LogP contribution < -0.4 is 4.72 Å². The van der Waals surface area contributed by atoms with Crippen molar-refractivity contribution in [1.29, 1.82) is 0 Å². The molecule has 2 unspecified atom stereocenters. The molecule has 0 fully saturated rings. The summed E-state index contributed by atoms with van der Waals surface area (Å²) >= 11 is -2.37. The van der Waals surface area contributed by atoms with Gasteiger partial charge in [0.25, 0.3) is 0 Å². The molecular weight excluding hydrogens is 374 g/mol. The maximum Gasteiger partial charge on any atom is 0.335 e. The fourth-order valence-electron chi connectivity index (χ4n) is 3.29. The van der Waals surface area contributed by atoms with Crippen LogP contribution in [0.4, 0.5) is 5.69 Å². The van der Waals surface area contributed by atoms with Gasteiger partial charge in [-0.25, -0.2) is 4.79 Å². The normalized spacial score (nSPS) is 12.9. The number of benzene rings is 3. The molecule has 0 aliphatic rings. The van der Waals surface area contributed by atoms with Crippen LogP contribution in [0, 0.1) is 0 Å². The Morgan fingerprint density at radius 3 is 2.21 bits per heavy atom. The summed E-state index contributed by atoms with van der Waals surface area (Å²) in [6, 6.07) is 24.3. The van der Waals surface area contributed by atoms with Crippen LogP contribution in [0.1, 0.15) is 33.0 Å². The molecule has 0 saturated carbocycles. The largest absolute Gasteiger partial charge is 0.755 e. The fraction of sp³-hybridized carbons (Fsp3) is 0.136. The van der Waals surface area contributed by atoms with Gasteiger partial charge in [-0.3, -0.25) is 4.21 Å². The summed E-state index contributed by atoms with van der Waals surface area (Å²) in [5.41, 5.74) is 3.88. The van der Waals surface area contributed by atoms with Gasteiger partial charge >= 0.3 is 5.97 Å². The van der Waals surface area contributed by atoms with Crippen LogP contribution >= 0.6 is 0 Å². The second-order valence-corrected chi connectivity index (χ2v) is 7.23. The lowest BCUT2D eigenvalue weighted by Gasteiger charge is -2.19. The van der Waals surface area contributed by atoms with Crippen molar-refractivity contribution >= 4 is 22.9 Å². The minimum Gasteiger partial charge on any atom is -0.755 e. The number of carboxylic acid groups (broad SMARTS) is 1. The van der Waals surface area contributed by atoms with Crippen molar-refractivity contribution in [3.8, 4) is 0 Å². The molecule has 0 bridgehead atoms. The highest BCUT2D eigenvalue weighted by atomic mass is 32.2. The molecule has 0 aromatic heterocycles. The maximum absolute atomic E-state index is 11.3. The molecule has 3 aromatic carbocycles. The minimum atomic E-state index is -2.37. The van der Waals surface area contributed by atoms with E-state index in [4.69, 9.17) is 0 Å². The quantitative estimate of drug-likeness (QED) is 0.562. The first kappa shape index (κ1) is 19.8. The molecule has 0 radical (unpaired) electrons. The summed E-state index contributed by atoms with van der Waals surface area (Å²) in [6.07, 6.45) is 1.37. The van der Waals surface area contributed by atoms with E-state index in [0.717, 1.165) is 16.7 Å². The zero-order valence-corrected chi connectivity index (χ0v) is 15.9. The molecule has 144 valence electrons. The molecular formula is C22H20NO4S-. The maximum atomic E-state index is 11.3. The van der Waals surface area contributed by atoms with Gasteiger partial charge in [-0.05, 0) is 59.7 Å². The van der Waals surface area contributed by atoms with E-state index in [-0.39, 0.29) is 11.5 Å². The molecule has 0 aliphatic heterocycles. The topological polar surface area (TPSA) is 89.5 Å². The number of carbonyl (C=O) groups is 1. The second kappa shape index (κ2) is 9.30. The summed E-state index contributed by atoms with van der Waals surface area (Å²) in [4.78, 5) is 11.3. The molecule has 0 spiro atoms. The van der Waals surface area contributed by atoms with Gasteiger partial charge in [0.1, 0.15) is 0 Å². The fourth-order valence-corrected chi connectivity index (χ4v) is 3.61. The van der Waals surface area contributed by atoms with E-state index in [0.29, 0.717) is 18.5 Å². The second-order valence-electron chi connectivity index (χ2n) is 6.56. The highest BCUT2D eigenvalue weighted by Crippen LogP contribution is 2.27. The Balaban J connectivity index is 1.87. The minimum absolute atomic E-state index is 0.123. The smallest absolute Gasteiger partial charge is 0.335 e. The van der Waals surface area contributed by atoms with Crippen LogP contribution in [0.25, 0.3) is 0 Å². The van der Waals surface area contributed by atoms with Gasteiger partial charge in [0, 0.05) is 17.0 Å². The molecule has 6 heteroatoms. The first-order chi connectivity index (χ1) is 13.5. The lowest BCUT2D eigenvalue weighted by Crippen LogP contribution is -2.08. The number of nitrogens with one attached hydrogen (secondary N) is 1. The summed E-state index contributed by atoms with van der Waals surface area (Å²) in [5, 5.41) is 9.24. The Bertz CT molecular complexity index is 975. The van der Waals surface area contributed by atoms with Gasteiger partial charge in [-0.2, -0.15) is 0 Å². The number of rotatable bonds is 8. The van der Waals surface area contributed by atoms with Crippen molar-refractivity contribution in [1.82, 2.24) is 0 Å². The van der Waals surface area contributed by atoms with Gasteiger partial charge in [-0.1, -0.05) is 54.6 Å². The lowest BCUT2D eigenvalue weighted by molar-refractivity contribution is 0.0696. The average Bonchev–Trinajstić information content (AvgIpc) is 2.68. The van der Waals surface area contributed by atoms with Crippen LogP contribution in [-0.2, 0) is 24.1 Å². The number of anilines is 1. The first-order valence-corrected chi connectivity index (χ1v) is 9.91. The van der Waals surface area contributed by atoms with Crippen molar-refractivity contribution in [2.75, 3.05) is 4.72 Å². The number of aromatic carboxylic acids is 1. The van der Waals surface area contributed by atoms with Gasteiger partial charge in [0.2, 0.25) is 0 Å². The van der Waals surface area contributed by atoms with E-state index >= 15 is 0 Å². The predicted molar refractivity (Wildman–Crippen MR) is 109 cm³/mol. The highest BCUT2D eigenvalue weighted by molar-refractivity contribution is 7.80. The van der Waals surface area contributed by atoms with Crippen molar-refractivity contribution < 1.29 is 18.7 Å². The highest BCUT2D eigenvalue weighted by Gasteiger charge is 2.15. The van der Waals surface area contributed by atoms with E-state index in [1.54, 1.807) is 24.3 Å².